The van der Waals surface area contributed by atoms with Gasteiger partial charge in [0.05, 0.1) is 23.6 Å². The molecule has 2 aromatic heterocycles. The van der Waals surface area contributed by atoms with Gasteiger partial charge in [-0.3, -0.25) is 4.79 Å². The SMILES string of the molecule is CC(C)n1cnc2cc(CNC(=O)c3ccco3)ccc21. The number of imidazole rings is 1. The van der Waals surface area contributed by atoms with Gasteiger partial charge in [0.1, 0.15) is 0 Å². The predicted octanol–water partition coefficient (Wildman–Crippen LogP) is 3.14. The molecule has 1 N–H and O–H groups in total. The van der Waals surface area contributed by atoms with E-state index in [0.29, 0.717) is 18.3 Å². The summed E-state index contributed by atoms with van der Waals surface area (Å²) >= 11 is 0. The molecule has 5 heteroatoms. The number of hydrogen-bond donors (Lipinski definition) is 1. The van der Waals surface area contributed by atoms with Crippen molar-refractivity contribution in [3.8, 4) is 0 Å². The third-order valence-electron chi connectivity index (χ3n) is 3.39. The molecule has 2 heterocycles. The average molecular weight is 283 g/mol. The van der Waals surface area contributed by atoms with E-state index in [-0.39, 0.29) is 5.91 Å². The maximum Gasteiger partial charge on any atom is 0.287 e. The Morgan fingerprint density at radius 1 is 1.38 bits per heavy atom. The fourth-order valence-corrected chi connectivity index (χ4v) is 2.28. The lowest BCUT2D eigenvalue weighted by atomic mass is 10.2. The van der Waals surface area contributed by atoms with Gasteiger partial charge in [0.25, 0.3) is 5.91 Å². The highest BCUT2D eigenvalue weighted by molar-refractivity contribution is 5.91. The standard InChI is InChI=1S/C16H17N3O2/c1-11(2)19-10-18-13-8-12(5-6-14(13)19)9-17-16(20)15-4-3-7-21-15/h3-8,10-11H,9H2,1-2H3,(H,17,20). The minimum absolute atomic E-state index is 0.215. The zero-order valence-corrected chi connectivity index (χ0v) is 12.0. The van der Waals surface area contributed by atoms with E-state index in [4.69, 9.17) is 4.42 Å². The number of fused-ring (bicyclic) bond motifs is 1. The molecule has 5 nitrogen and oxygen atoms in total. The summed E-state index contributed by atoms with van der Waals surface area (Å²) in [5.41, 5.74) is 3.05. The molecule has 0 atom stereocenters. The molecule has 21 heavy (non-hydrogen) atoms. The van der Waals surface area contributed by atoms with Crippen molar-refractivity contribution in [2.24, 2.45) is 0 Å². The first-order chi connectivity index (χ1) is 10.1. The third kappa shape index (κ3) is 2.67. The van der Waals surface area contributed by atoms with Crippen molar-refractivity contribution in [2.75, 3.05) is 0 Å². The fraction of sp³-hybridized carbons (Fsp3) is 0.250. The molecule has 0 aliphatic carbocycles. The van der Waals surface area contributed by atoms with Gasteiger partial charge < -0.3 is 14.3 Å². The molecule has 0 aliphatic rings. The molecule has 1 aromatic carbocycles. The van der Waals surface area contributed by atoms with Crippen LogP contribution in [0.3, 0.4) is 0 Å². The second-order valence-electron chi connectivity index (χ2n) is 5.23. The van der Waals surface area contributed by atoms with Gasteiger partial charge in [-0.2, -0.15) is 0 Å². The van der Waals surface area contributed by atoms with Gasteiger partial charge in [0, 0.05) is 12.6 Å². The maximum absolute atomic E-state index is 11.8. The van der Waals surface area contributed by atoms with Crippen molar-refractivity contribution in [3.63, 3.8) is 0 Å². The minimum Gasteiger partial charge on any atom is -0.459 e. The van der Waals surface area contributed by atoms with E-state index in [0.717, 1.165) is 16.6 Å². The van der Waals surface area contributed by atoms with Crippen LogP contribution < -0.4 is 5.32 Å². The Kier molecular flexibility index (Phi) is 3.48. The zero-order chi connectivity index (χ0) is 14.8. The molecule has 0 bridgehead atoms. The Morgan fingerprint density at radius 2 is 2.24 bits per heavy atom. The largest absolute Gasteiger partial charge is 0.459 e. The molecule has 0 unspecified atom stereocenters. The van der Waals surface area contributed by atoms with Crippen LogP contribution in [0.5, 0.6) is 0 Å². The molecular formula is C16H17N3O2. The summed E-state index contributed by atoms with van der Waals surface area (Å²) in [5.74, 6) is 0.105. The quantitative estimate of drug-likeness (QED) is 0.800. The van der Waals surface area contributed by atoms with Crippen LogP contribution in [-0.4, -0.2) is 15.5 Å². The van der Waals surface area contributed by atoms with Crippen LogP contribution in [-0.2, 0) is 6.54 Å². The molecule has 0 spiro atoms. The number of rotatable bonds is 4. The zero-order valence-electron chi connectivity index (χ0n) is 12.0. The summed E-state index contributed by atoms with van der Waals surface area (Å²) < 4.78 is 7.18. The van der Waals surface area contributed by atoms with Crippen molar-refractivity contribution in [2.45, 2.75) is 26.4 Å². The van der Waals surface area contributed by atoms with Crippen LogP contribution in [0.2, 0.25) is 0 Å². The van der Waals surface area contributed by atoms with E-state index in [1.807, 2.05) is 24.5 Å². The van der Waals surface area contributed by atoms with Gasteiger partial charge in [-0.25, -0.2) is 4.98 Å². The highest BCUT2D eigenvalue weighted by Crippen LogP contribution is 2.18. The second kappa shape index (κ2) is 5.44. The molecule has 1 amide bonds. The van der Waals surface area contributed by atoms with Crippen LogP contribution in [0.25, 0.3) is 11.0 Å². The van der Waals surface area contributed by atoms with Crippen LogP contribution in [0.15, 0.2) is 47.3 Å². The van der Waals surface area contributed by atoms with Gasteiger partial charge in [0.15, 0.2) is 5.76 Å². The molecule has 0 radical (unpaired) electrons. The highest BCUT2D eigenvalue weighted by atomic mass is 16.3. The lowest BCUT2D eigenvalue weighted by molar-refractivity contribution is 0.0923. The number of amides is 1. The van der Waals surface area contributed by atoms with Gasteiger partial charge in [-0.15, -0.1) is 0 Å². The Hall–Kier alpha value is -2.56. The molecule has 0 aliphatic heterocycles. The molecule has 0 saturated carbocycles. The predicted molar refractivity (Wildman–Crippen MR) is 80.0 cm³/mol. The smallest absolute Gasteiger partial charge is 0.287 e. The van der Waals surface area contributed by atoms with Crippen LogP contribution >= 0.6 is 0 Å². The topological polar surface area (TPSA) is 60.1 Å². The van der Waals surface area contributed by atoms with Gasteiger partial charge >= 0.3 is 0 Å². The van der Waals surface area contributed by atoms with E-state index >= 15 is 0 Å². The first-order valence-electron chi connectivity index (χ1n) is 6.92. The lowest BCUT2D eigenvalue weighted by Gasteiger charge is -2.08. The van der Waals surface area contributed by atoms with Gasteiger partial charge in [0.2, 0.25) is 0 Å². The summed E-state index contributed by atoms with van der Waals surface area (Å²) in [6.07, 6.45) is 3.33. The average Bonchev–Trinajstić information content (AvgIpc) is 3.13. The first kappa shape index (κ1) is 13.4. The van der Waals surface area contributed by atoms with Crippen LogP contribution in [0, 0.1) is 0 Å². The van der Waals surface area contributed by atoms with Gasteiger partial charge in [-0.05, 0) is 43.7 Å². The lowest BCUT2D eigenvalue weighted by Crippen LogP contribution is -2.22. The third-order valence-corrected chi connectivity index (χ3v) is 3.39. The van der Waals surface area contributed by atoms with E-state index in [2.05, 4.69) is 28.7 Å². The monoisotopic (exact) mass is 283 g/mol. The first-order valence-corrected chi connectivity index (χ1v) is 6.92. The number of hydrogen-bond acceptors (Lipinski definition) is 3. The molecule has 108 valence electrons. The fourth-order valence-electron chi connectivity index (χ4n) is 2.28. The summed E-state index contributed by atoms with van der Waals surface area (Å²) in [5, 5.41) is 2.83. The summed E-state index contributed by atoms with van der Waals surface area (Å²) in [4.78, 5) is 16.2. The number of aromatic nitrogens is 2. The maximum atomic E-state index is 11.8. The highest BCUT2D eigenvalue weighted by Gasteiger charge is 2.09. The number of benzene rings is 1. The minimum atomic E-state index is -0.215. The number of furan rings is 1. The second-order valence-corrected chi connectivity index (χ2v) is 5.23. The Labute approximate surface area is 122 Å². The summed E-state index contributed by atoms with van der Waals surface area (Å²) in [6.45, 7) is 4.70. The number of nitrogens with one attached hydrogen (secondary N) is 1. The van der Waals surface area contributed by atoms with E-state index in [9.17, 15) is 4.79 Å². The van der Waals surface area contributed by atoms with E-state index in [1.54, 1.807) is 12.1 Å². The van der Waals surface area contributed by atoms with Crippen molar-refractivity contribution < 1.29 is 9.21 Å². The van der Waals surface area contributed by atoms with E-state index in [1.165, 1.54) is 6.26 Å². The van der Waals surface area contributed by atoms with Gasteiger partial charge in [-0.1, -0.05) is 6.07 Å². The van der Waals surface area contributed by atoms with Crippen LogP contribution in [0.4, 0.5) is 0 Å². The van der Waals surface area contributed by atoms with Crippen molar-refractivity contribution >= 4 is 16.9 Å². The normalized spacial score (nSPS) is 11.2. The Balaban J connectivity index is 1.75. The van der Waals surface area contributed by atoms with Crippen molar-refractivity contribution in [1.29, 1.82) is 0 Å². The number of nitrogens with zero attached hydrogens (tertiary/aromatic N) is 2. The number of carbonyl (C=O) groups excluding carboxylic acids is 1. The van der Waals surface area contributed by atoms with Crippen molar-refractivity contribution in [3.05, 3.63) is 54.2 Å². The molecule has 0 fully saturated rings. The number of carbonyl (C=O) groups is 1. The molecule has 3 rings (SSSR count). The summed E-state index contributed by atoms with van der Waals surface area (Å²) in [7, 11) is 0. The Morgan fingerprint density at radius 3 is 2.95 bits per heavy atom. The molecule has 0 saturated heterocycles. The molecular weight excluding hydrogens is 266 g/mol. The Bertz CT molecular complexity index is 757. The summed E-state index contributed by atoms with van der Waals surface area (Å²) in [6, 6.07) is 9.75. The van der Waals surface area contributed by atoms with E-state index < -0.39 is 0 Å². The van der Waals surface area contributed by atoms with Crippen molar-refractivity contribution in [1.82, 2.24) is 14.9 Å². The molecule has 3 aromatic rings. The van der Waals surface area contributed by atoms with Crippen LogP contribution in [0.1, 0.15) is 36.0 Å².